The normalized spacial score (nSPS) is 10.6. The molecule has 0 amide bonds. The Kier molecular flexibility index (Phi) is 4.70. The summed E-state index contributed by atoms with van der Waals surface area (Å²) in [5, 5.41) is 19.4. The summed E-state index contributed by atoms with van der Waals surface area (Å²) in [6, 6.07) is 4.89. The lowest BCUT2D eigenvalue weighted by Gasteiger charge is -2.10. The predicted octanol–water partition coefficient (Wildman–Crippen LogP) is 3.83. The molecule has 6 nitrogen and oxygen atoms in total. The Balaban J connectivity index is 2.40. The molecule has 0 bridgehead atoms. The van der Waals surface area contributed by atoms with E-state index in [0.29, 0.717) is 23.1 Å². The van der Waals surface area contributed by atoms with E-state index in [0.717, 1.165) is 12.8 Å². The molecular weight excluding hydrogens is 298 g/mol. The van der Waals surface area contributed by atoms with Gasteiger partial charge in [0.2, 0.25) is 0 Å². The molecule has 0 aliphatic rings. The third-order valence-corrected chi connectivity index (χ3v) is 3.11. The number of aromatic nitrogens is 1. The van der Waals surface area contributed by atoms with Gasteiger partial charge in [0.05, 0.1) is 6.61 Å². The molecule has 2 N–H and O–H groups in total. The molecule has 1 aromatic heterocycles. The van der Waals surface area contributed by atoms with Crippen LogP contribution >= 0.6 is 11.6 Å². The van der Waals surface area contributed by atoms with Crippen molar-refractivity contribution in [3.05, 3.63) is 23.4 Å². The van der Waals surface area contributed by atoms with Crippen molar-refractivity contribution in [2.45, 2.75) is 19.8 Å². The van der Waals surface area contributed by atoms with Crippen LogP contribution in [0, 0.1) is 0 Å². The van der Waals surface area contributed by atoms with Crippen LogP contribution in [-0.4, -0.2) is 28.0 Å². The zero-order valence-electron chi connectivity index (χ0n) is 11.3. The fraction of sp³-hybridized carbons (Fsp3) is 0.286. The number of fused-ring (bicyclic) bond motifs is 1. The monoisotopic (exact) mass is 311 g/mol. The van der Waals surface area contributed by atoms with E-state index >= 15 is 0 Å². The summed E-state index contributed by atoms with van der Waals surface area (Å²) < 4.78 is 9.93. The lowest BCUT2D eigenvalue weighted by Crippen LogP contribution is -2.05. The zero-order valence-corrected chi connectivity index (χ0v) is 12.1. The molecule has 0 saturated heterocycles. The summed E-state index contributed by atoms with van der Waals surface area (Å²) in [4.78, 5) is 14.3. The van der Waals surface area contributed by atoms with Gasteiger partial charge in [0.15, 0.2) is 5.75 Å². The Morgan fingerprint density at radius 2 is 2.14 bits per heavy atom. The van der Waals surface area contributed by atoms with E-state index in [1.54, 1.807) is 18.2 Å². The predicted molar refractivity (Wildman–Crippen MR) is 77.5 cm³/mol. The van der Waals surface area contributed by atoms with Gasteiger partial charge in [0.1, 0.15) is 10.9 Å². The van der Waals surface area contributed by atoms with Gasteiger partial charge in [-0.3, -0.25) is 0 Å². The second-order valence-corrected chi connectivity index (χ2v) is 4.69. The minimum absolute atomic E-state index is 0.0278. The van der Waals surface area contributed by atoms with Crippen LogP contribution < -0.4 is 9.47 Å². The first kappa shape index (κ1) is 15.2. The number of aromatic hydroxyl groups is 1. The first-order chi connectivity index (χ1) is 10.0. The molecule has 1 heterocycles. The molecule has 1 aromatic carbocycles. The van der Waals surface area contributed by atoms with Crippen molar-refractivity contribution in [3.8, 4) is 17.4 Å². The number of pyridine rings is 1. The number of ether oxygens (including phenoxy) is 2. The van der Waals surface area contributed by atoms with Crippen LogP contribution in [0.25, 0.3) is 10.8 Å². The van der Waals surface area contributed by atoms with Gasteiger partial charge in [0, 0.05) is 10.8 Å². The SMILES string of the molecule is CCCCOc1ccc2c(O)c(OC(=O)O)nc(Cl)c2c1. The maximum atomic E-state index is 10.5. The summed E-state index contributed by atoms with van der Waals surface area (Å²) >= 11 is 6.00. The van der Waals surface area contributed by atoms with Crippen molar-refractivity contribution in [2.75, 3.05) is 6.61 Å². The van der Waals surface area contributed by atoms with Gasteiger partial charge in [-0.2, -0.15) is 4.98 Å². The molecule has 112 valence electrons. The Morgan fingerprint density at radius 3 is 2.81 bits per heavy atom. The van der Waals surface area contributed by atoms with Crippen molar-refractivity contribution in [3.63, 3.8) is 0 Å². The highest BCUT2D eigenvalue weighted by atomic mass is 35.5. The van der Waals surface area contributed by atoms with Crippen molar-refractivity contribution in [1.29, 1.82) is 0 Å². The van der Waals surface area contributed by atoms with E-state index in [-0.39, 0.29) is 10.9 Å². The number of halogens is 1. The van der Waals surface area contributed by atoms with E-state index in [2.05, 4.69) is 16.6 Å². The molecule has 0 unspecified atom stereocenters. The van der Waals surface area contributed by atoms with E-state index in [1.807, 2.05) is 0 Å². The van der Waals surface area contributed by atoms with E-state index in [9.17, 15) is 9.90 Å². The number of unbranched alkanes of at least 4 members (excludes halogenated alkanes) is 1. The summed E-state index contributed by atoms with van der Waals surface area (Å²) in [5.41, 5.74) is 0. The van der Waals surface area contributed by atoms with Gasteiger partial charge in [-0.05, 0) is 24.6 Å². The molecular formula is C14H14ClNO5. The molecule has 0 aliphatic heterocycles. The standard InChI is InChI=1S/C14H14ClNO5/c1-2-3-6-20-8-4-5-9-10(7-8)12(15)16-13(11(9)17)21-14(18)19/h4-5,7,17H,2-3,6H2,1H3,(H,18,19). The maximum absolute atomic E-state index is 10.5. The highest BCUT2D eigenvalue weighted by Gasteiger charge is 2.16. The molecule has 0 radical (unpaired) electrons. The zero-order chi connectivity index (χ0) is 15.4. The summed E-state index contributed by atoms with van der Waals surface area (Å²) in [6.45, 7) is 2.64. The fourth-order valence-electron chi connectivity index (χ4n) is 1.80. The third-order valence-electron chi connectivity index (χ3n) is 2.82. The average molecular weight is 312 g/mol. The van der Waals surface area contributed by atoms with Crippen LogP contribution in [0.1, 0.15) is 19.8 Å². The Labute approximate surface area is 125 Å². The second kappa shape index (κ2) is 6.49. The summed E-state index contributed by atoms with van der Waals surface area (Å²) in [7, 11) is 0. The molecule has 0 atom stereocenters. The molecule has 2 aromatic rings. The van der Waals surface area contributed by atoms with Crippen molar-refractivity contribution in [1.82, 2.24) is 4.98 Å². The molecule has 21 heavy (non-hydrogen) atoms. The van der Waals surface area contributed by atoms with Gasteiger partial charge in [0.25, 0.3) is 5.88 Å². The first-order valence-electron chi connectivity index (χ1n) is 6.38. The van der Waals surface area contributed by atoms with Crippen molar-refractivity contribution in [2.24, 2.45) is 0 Å². The number of carboxylic acid groups (broad SMARTS) is 1. The van der Waals surface area contributed by atoms with Crippen molar-refractivity contribution < 1.29 is 24.5 Å². The van der Waals surface area contributed by atoms with Crippen LogP contribution in [0.2, 0.25) is 5.15 Å². The number of hydrogen-bond acceptors (Lipinski definition) is 5. The molecule has 7 heteroatoms. The van der Waals surface area contributed by atoms with Gasteiger partial charge < -0.3 is 19.7 Å². The topological polar surface area (TPSA) is 88.9 Å². The minimum atomic E-state index is -1.58. The molecule has 0 aliphatic carbocycles. The van der Waals surface area contributed by atoms with E-state index < -0.39 is 12.0 Å². The van der Waals surface area contributed by atoms with Crippen LogP contribution in [0.3, 0.4) is 0 Å². The number of nitrogens with zero attached hydrogens (tertiary/aromatic N) is 1. The quantitative estimate of drug-likeness (QED) is 0.495. The Bertz CT molecular complexity index is 674. The maximum Gasteiger partial charge on any atom is 0.512 e. The van der Waals surface area contributed by atoms with Gasteiger partial charge in [-0.15, -0.1) is 0 Å². The van der Waals surface area contributed by atoms with Gasteiger partial charge >= 0.3 is 6.16 Å². The third kappa shape index (κ3) is 3.46. The first-order valence-corrected chi connectivity index (χ1v) is 6.76. The van der Waals surface area contributed by atoms with Crippen LogP contribution in [0.4, 0.5) is 4.79 Å². The van der Waals surface area contributed by atoms with E-state index in [4.69, 9.17) is 21.4 Å². The van der Waals surface area contributed by atoms with Crippen LogP contribution in [-0.2, 0) is 0 Å². The Morgan fingerprint density at radius 1 is 1.38 bits per heavy atom. The highest BCUT2D eigenvalue weighted by Crippen LogP contribution is 2.38. The minimum Gasteiger partial charge on any atom is -0.503 e. The second-order valence-electron chi connectivity index (χ2n) is 4.33. The van der Waals surface area contributed by atoms with Crippen molar-refractivity contribution >= 4 is 28.5 Å². The largest absolute Gasteiger partial charge is 0.512 e. The fourth-order valence-corrected chi connectivity index (χ4v) is 2.03. The number of carbonyl (C=O) groups is 1. The highest BCUT2D eigenvalue weighted by molar-refractivity contribution is 6.34. The smallest absolute Gasteiger partial charge is 0.503 e. The van der Waals surface area contributed by atoms with Gasteiger partial charge in [-0.1, -0.05) is 24.9 Å². The summed E-state index contributed by atoms with van der Waals surface area (Å²) in [5.74, 6) is -0.220. The number of benzene rings is 1. The summed E-state index contributed by atoms with van der Waals surface area (Å²) in [6.07, 6.45) is 0.375. The lowest BCUT2D eigenvalue weighted by molar-refractivity contribution is 0.141. The molecule has 2 rings (SSSR count). The molecule has 0 fully saturated rings. The average Bonchev–Trinajstić information content (AvgIpc) is 2.44. The number of hydrogen-bond donors (Lipinski definition) is 2. The lowest BCUT2D eigenvalue weighted by atomic mass is 10.1. The van der Waals surface area contributed by atoms with E-state index in [1.165, 1.54) is 0 Å². The number of rotatable bonds is 5. The van der Waals surface area contributed by atoms with Crippen LogP contribution in [0.15, 0.2) is 18.2 Å². The molecule has 0 saturated carbocycles. The molecule has 0 spiro atoms. The van der Waals surface area contributed by atoms with Gasteiger partial charge in [-0.25, -0.2) is 4.79 Å². The Hall–Kier alpha value is -2.21. The van der Waals surface area contributed by atoms with Crippen LogP contribution in [0.5, 0.6) is 17.4 Å².